The summed E-state index contributed by atoms with van der Waals surface area (Å²) in [6.45, 7) is 3.59. The van der Waals surface area contributed by atoms with Gasteiger partial charge in [0.2, 0.25) is 0 Å². The highest BCUT2D eigenvalue weighted by atomic mass is 16.1. The predicted octanol–water partition coefficient (Wildman–Crippen LogP) is 4.93. The second kappa shape index (κ2) is 6.95. The van der Waals surface area contributed by atoms with Gasteiger partial charge in [0, 0.05) is 6.08 Å². The van der Waals surface area contributed by atoms with Crippen molar-refractivity contribution >= 4 is 5.78 Å². The van der Waals surface area contributed by atoms with Crippen LogP contribution in [0.1, 0.15) is 16.7 Å². The van der Waals surface area contributed by atoms with Gasteiger partial charge in [0.15, 0.2) is 5.78 Å². The molecule has 0 spiro atoms. The van der Waals surface area contributed by atoms with Crippen molar-refractivity contribution in [3.05, 3.63) is 126 Å². The molecule has 0 aliphatic rings. The number of benzene rings is 3. The number of rotatable bonds is 5. The number of carbonyl (C=O) groups excluding carboxylic acids is 1. The molecule has 3 aromatic carbocycles. The van der Waals surface area contributed by atoms with Gasteiger partial charge in [-0.15, -0.1) is 5.73 Å². The Labute approximate surface area is 142 Å². The molecule has 0 radical (unpaired) electrons. The molecule has 0 amide bonds. The second-order valence-corrected chi connectivity index (χ2v) is 5.56. The number of hydrogen-bond acceptors (Lipinski definition) is 1. The van der Waals surface area contributed by atoms with Crippen molar-refractivity contribution in [3.8, 4) is 0 Å². The first kappa shape index (κ1) is 15.7. The zero-order valence-corrected chi connectivity index (χ0v) is 13.4. The van der Waals surface area contributed by atoms with Gasteiger partial charge in [-0.25, -0.2) is 0 Å². The average molecular weight is 310 g/mol. The van der Waals surface area contributed by atoms with Gasteiger partial charge in [0.1, 0.15) is 5.41 Å². The lowest BCUT2D eigenvalue weighted by molar-refractivity contribution is -0.117. The van der Waals surface area contributed by atoms with Crippen LogP contribution in [0.4, 0.5) is 0 Å². The highest BCUT2D eigenvalue weighted by molar-refractivity contribution is 6.04. The van der Waals surface area contributed by atoms with E-state index in [4.69, 9.17) is 0 Å². The minimum absolute atomic E-state index is 0.0545. The van der Waals surface area contributed by atoms with Crippen LogP contribution in [0.25, 0.3) is 0 Å². The van der Waals surface area contributed by atoms with E-state index in [0.29, 0.717) is 0 Å². The first-order valence-corrected chi connectivity index (χ1v) is 7.87. The van der Waals surface area contributed by atoms with Crippen molar-refractivity contribution in [1.29, 1.82) is 0 Å². The van der Waals surface area contributed by atoms with Gasteiger partial charge in [-0.3, -0.25) is 4.79 Å². The Hall–Kier alpha value is -3.15. The van der Waals surface area contributed by atoms with Crippen molar-refractivity contribution in [1.82, 2.24) is 0 Å². The lowest BCUT2D eigenvalue weighted by Crippen LogP contribution is -2.37. The van der Waals surface area contributed by atoms with E-state index in [1.807, 2.05) is 91.0 Å². The number of allylic oxidation sites excluding steroid dienone is 1. The van der Waals surface area contributed by atoms with E-state index in [1.165, 1.54) is 6.08 Å². The van der Waals surface area contributed by atoms with E-state index in [2.05, 4.69) is 12.3 Å². The Morgan fingerprint density at radius 1 is 0.708 bits per heavy atom. The Morgan fingerprint density at radius 2 is 1.04 bits per heavy atom. The number of ketones is 1. The zero-order chi connectivity index (χ0) is 16.8. The fourth-order valence-corrected chi connectivity index (χ4v) is 3.19. The van der Waals surface area contributed by atoms with Gasteiger partial charge in [0.05, 0.1) is 0 Å². The predicted molar refractivity (Wildman–Crippen MR) is 97.9 cm³/mol. The maximum absolute atomic E-state index is 13.3. The summed E-state index contributed by atoms with van der Waals surface area (Å²) < 4.78 is 0. The zero-order valence-electron chi connectivity index (χ0n) is 13.4. The summed E-state index contributed by atoms with van der Waals surface area (Å²) in [7, 11) is 0. The fraction of sp³-hybridized carbons (Fsp3) is 0.0435. The first-order valence-electron chi connectivity index (χ1n) is 7.87. The van der Waals surface area contributed by atoms with Crippen molar-refractivity contribution in [2.45, 2.75) is 5.41 Å². The van der Waals surface area contributed by atoms with Gasteiger partial charge in [0.25, 0.3) is 0 Å². The summed E-state index contributed by atoms with van der Waals surface area (Å²) >= 11 is 0. The minimum Gasteiger partial charge on any atom is -0.292 e. The maximum Gasteiger partial charge on any atom is 0.182 e. The molecule has 0 bridgehead atoms. The molecule has 1 heteroatoms. The monoisotopic (exact) mass is 310 g/mol. The molecular formula is C23H18O. The molecular weight excluding hydrogens is 292 g/mol. The van der Waals surface area contributed by atoms with Crippen LogP contribution in [0, 0.1) is 0 Å². The lowest BCUT2D eigenvalue weighted by Gasteiger charge is -2.33. The molecule has 0 aliphatic heterocycles. The van der Waals surface area contributed by atoms with Crippen LogP contribution >= 0.6 is 0 Å². The molecule has 0 saturated carbocycles. The molecule has 0 aliphatic carbocycles. The number of carbonyl (C=O) groups is 1. The molecule has 0 heterocycles. The molecule has 1 nitrogen and oxygen atoms in total. The standard InChI is InChI=1S/C23H18O/c1-2-12-22(24)23(19-13-6-3-7-14-19,20-15-8-4-9-16-20)21-17-10-5-11-18-21/h3-18H,1H2. The van der Waals surface area contributed by atoms with Crippen LogP contribution in [0.2, 0.25) is 0 Å². The Morgan fingerprint density at radius 3 is 1.33 bits per heavy atom. The third kappa shape index (κ3) is 2.62. The molecule has 0 unspecified atom stereocenters. The van der Waals surface area contributed by atoms with Gasteiger partial charge in [-0.05, 0) is 16.7 Å². The molecule has 0 saturated heterocycles. The van der Waals surface area contributed by atoms with Crippen LogP contribution in [-0.2, 0) is 10.2 Å². The summed E-state index contributed by atoms with van der Waals surface area (Å²) in [4.78, 5) is 13.3. The highest BCUT2D eigenvalue weighted by Gasteiger charge is 2.42. The third-order valence-electron chi connectivity index (χ3n) is 4.22. The van der Waals surface area contributed by atoms with Crippen molar-refractivity contribution < 1.29 is 4.79 Å². The van der Waals surface area contributed by atoms with E-state index < -0.39 is 5.41 Å². The quantitative estimate of drug-likeness (QED) is 0.371. The Balaban J connectivity index is 2.41. The molecule has 0 fully saturated rings. The SMILES string of the molecule is C=C=CC(=O)C(c1ccccc1)(c1ccccc1)c1ccccc1. The van der Waals surface area contributed by atoms with Gasteiger partial charge >= 0.3 is 0 Å². The average Bonchev–Trinajstić information content (AvgIpc) is 2.65. The molecule has 24 heavy (non-hydrogen) atoms. The number of hydrogen-bond donors (Lipinski definition) is 0. The summed E-state index contributed by atoms with van der Waals surface area (Å²) in [6, 6.07) is 29.6. The van der Waals surface area contributed by atoms with Crippen LogP contribution in [-0.4, -0.2) is 5.78 Å². The van der Waals surface area contributed by atoms with Gasteiger partial charge < -0.3 is 0 Å². The summed E-state index contributed by atoms with van der Waals surface area (Å²) in [5.41, 5.74) is 4.54. The second-order valence-electron chi connectivity index (χ2n) is 5.56. The molecule has 116 valence electrons. The van der Waals surface area contributed by atoms with E-state index in [9.17, 15) is 4.79 Å². The summed E-state index contributed by atoms with van der Waals surface area (Å²) in [5, 5.41) is 0. The molecule has 3 aromatic rings. The topological polar surface area (TPSA) is 17.1 Å². The maximum atomic E-state index is 13.3. The van der Waals surface area contributed by atoms with Crippen molar-refractivity contribution in [3.63, 3.8) is 0 Å². The Bertz CT molecular complexity index is 761. The van der Waals surface area contributed by atoms with Gasteiger partial charge in [-0.1, -0.05) is 97.6 Å². The highest BCUT2D eigenvalue weighted by Crippen LogP contribution is 2.40. The normalized spacial score (nSPS) is 10.7. The third-order valence-corrected chi connectivity index (χ3v) is 4.22. The van der Waals surface area contributed by atoms with Crippen LogP contribution in [0.15, 0.2) is 109 Å². The molecule has 0 atom stereocenters. The molecule has 0 aromatic heterocycles. The lowest BCUT2D eigenvalue weighted by atomic mass is 9.66. The van der Waals surface area contributed by atoms with Crippen LogP contribution in [0.5, 0.6) is 0 Å². The first-order chi connectivity index (χ1) is 11.8. The summed E-state index contributed by atoms with van der Waals surface area (Å²) in [6.07, 6.45) is 1.44. The summed E-state index contributed by atoms with van der Waals surface area (Å²) in [5.74, 6) is -0.0545. The van der Waals surface area contributed by atoms with E-state index in [1.54, 1.807) is 0 Å². The molecule has 3 rings (SSSR count). The van der Waals surface area contributed by atoms with E-state index in [-0.39, 0.29) is 5.78 Å². The van der Waals surface area contributed by atoms with Crippen molar-refractivity contribution in [2.24, 2.45) is 0 Å². The van der Waals surface area contributed by atoms with E-state index >= 15 is 0 Å². The van der Waals surface area contributed by atoms with Crippen LogP contribution < -0.4 is 0 Å². The minimum atomic E-state index is -0.908. The van der Waals surface area contributed by atoms with Gasteiger partial charge in [-0.2, -0.15) is 0 Å². The largest absolute Gasteiger partial charge is 0.292 e. The molecule has 0 N–H and O–H groups in total. The Kier molecular flexibility index (Phi) is 4.56. The van der Waals surface area contributed by atoms with Crippen LogP contribution in [0.3, 0.4) is 0 Å². The fourth-order valence-electron chi connectivity index (χ4n) is 3.19. The van der Waals surface area contributed by atoms with E-state index in [0.717, 1.165) is 16.7 Å². The van der Waals surface area contributed by atoms with Crippen molar-refractivity contribution in [2.75, 3.05) is 0 Å². The smallest absolute Gasteiger partial charge is 0.182 e.